The fourth-order valence-corrected chi connectivity index (χ4v) is 2.44. The van der Waals surface area contributed by atoms with Crippen LogP contribution in [-0.4, -0.2) is 56.1 Å². The Morgan fingerprint density at radius 3 is 3.05 bits per heavy atom. The van der Waals surface area contributed by atoms with E-state index in [1.165, 1.54) is 0 Å². The Kier molecular flexibility index (Phi) is 4.31. The topological polar surface area (TPSA) is 71.9 Å². The molecule has 1 aliphatic heterocycles. The minimum Gasteiger partial charge on any atom is -0.368 e. The first-order valence-electron chi connectivity index (χ1n) is 7.46. The highest BCUT2D eigenvalue weighted by Crippen LogP contribution is 2.20. The van der Waals surface area contributed by atoms with Gasteiger partial charge in [0, 0.05) is 37.9 Å². The van der Waals surface area contributed by atoms with Gasteiger partial charge in [-0.2, -0.15) is 10.2 Å². The number of H-pyrrole nitrogens is 1. The molecule has 0 spiro atoms. The van der Waals surface area contributed by atoms with Crippen molar-refractivity contribution in [3.63, 3.8) is 0 Å². The van der Waals surface area contributed by atoms with Gasteiger partial charge in [0.1, 0.15) is 6.10 Å². The lowest BCUT2D eigenvalue weighted by molar-refractivity contribution is -0.0352. The van der Waals surface area contributed by atoms with Crippen molar-refractivity contribution in [1.29, 1.82) is 0 Å². The van der Waals surface area contributed by atoms with Gasteiger partial charge in [-0.15, -0.1) is 0 Å². The lowest BCUT2D eigenvalue weighted by Crippen LogP contribution is -2.40. The van der Waals surface area contributed by atoms with Crippen LogP contribution in [-0.2, 0) is 11.3 Å². The Morgan fingerprint density at radius 2 is 2.33 bits per heavy atom. The fraction of sp³-hybridized carbons (Fsp3) is 0.643. The van der Waals surface area contributed by atoms with E-state index >= 15 is 0 Å². The van der Waals surface area contributed by atoms with Crippen molar-refractivity contribution in [3.8, 4) is 0 Å². The van der Waals surface area contributed by atoms with Gasteiger partial charge in [0.15, 0.2) is 11.6 Å². The standard InChI is InChI=1S/C14H22N6O/c1-11(2)13-16-14(18-17-13)12-10-19(8-9-21-12)6-7-20-5-3-4-15-20/h3-5,11-12H,6-10H2,1-2H3,(H,16,17,18)/t12-/m1/s1. The molecule has 7 heteroatoms. The Labute approximate surface area is 124 Å². The molecular weight excluding hydrogens is 268 g/mol. The van der Waals surface area contributed by atoms with Crippen LogP contribution in [0.1, 0.15) is 37.5 Å². The number of morpholine rings is 1. The summed E-state index contributed by atoms with van der Waals surface area (Å²) in [4.78, 5) is 6.92. The second-order valence-electron chi connectivity index (χ2n) is 5.66. The Hall–Kier alpha value is -1.73. The molecule has 1 N–H and O–H groups in total. The number of ether oxygens (including phenoxy) is 1. The molecule has 1 aliphatic rings. The van der Waals surface area contributed by atoms with Gasteiger partial charge < -0.3 is 4.74 Å². The fourth-order valence-electron chi connectivity index (χ4n) is 2.44. The molecule has 21 heavy (non-hydrogen) atoms. The minimum atomic E-state index is -0.0172. The van der Waals surface area contributed by atoms with Crippen molar-refractivity contribution < 1.29 is 4.74 Å². The maximum atomic E-state index is 5.83. The highest BCUT2D eigenvalue weighted by Gasteiger charge is 2.25. The van der Waals surface area contributed by atoms with E-state index in [-0.39, 0.29) is 6.10 Å². The predicted molar refractivity (Wildman–Crippen MR) is 77.8 cm³/mol. The summed E-state index contributed by atoms with van der Waals surface area (Å²) in [6.07, 6.45) is 3.78. The maximum absolute atomic E-state index is 5.83. The molecule has 7 nitrogen and oxygen atoms in total. The summed E-state index contributed by atoms with van der Waals surface area (Å²) < 4.78 is 7.78. The van der Waals surface area contributed by atoms with Gasteiger partial charge >= 0.3 is 0 Å². The number of rotatable bonds is 5. The van der Waals surface area contributed by atoms with E-state index in [2.05, 4.69) is 39.0 Å². The molecule has 0 aliphatic carbocycles. The average molecular weight is 290 g/mol. The SMILES string of the molecule is CC(C)c1n[nH]c([C@H]2CN(CCn3cccn3)CCO2)n1. The van der Waals surface area contributed by atoms with E-state index < -0.39 is 0 Å². The zero-order chi connectivity index (χ0) is 14.7. The number of aromatic amines is 1. The first-order chi connectivity index (χ1) is 10.2. The average Bonchev–Trinajstić information content (AvgIpc) is 3.17. The first-order valence-corrected chi connectivity index (χ1v) is 7.46. The third-order valence-electron chi connectivity index (χ3n) is 3.70. The van der Waals surface area contributed by atoms with Crippen molar-refractivity contribution in [2.45, 2.75) is 32.4 Å². The van der Waals surface area contributed by atoms with Crippen LogP contribution in [0.2, 0.25) is 0 Å². The zero-order valence-electron chi connectivity index (χ0n) is 12.6. The summed E-state index contributed by atoms with van der Waals surface area (Å²) >= 11 is 0. The number of nitrogens with one attached hydrogen (secondary N) is 1. The van der Waals surface area contributed by atoms with E-state index in [4.69, 9.17) is 4.74 Å². The molecule has 2 aromatic rings. The number of nitrogens with zero attached hydrogens (tertiary/aromatic N) is 5. The van der Waals surface area contributed by atoms with Crippen LogP contribution in [0.25, 0.3) is 0 Å². The quantitative estimate of drug-likeness (QED) is 0.896. The minimum absolute atomic E-state index is 0.0172. The Bertz CT molecular complexity index is 550. The Balaban J connectivity index is 1.57. The maximum Gasteiger partial charge on any atom is 0.155 e. The van der Waals surface area contributed by atoms with Crippen molar-refractivity contribution >= 4 is 0 Å². The molecule has 3 rings (SSSR count). The van der Waals surface area contributed by atoms with Gasteiger partial charge in [0.2, 0.25) is 0 Å². The molecule has 0 radical (unpaired) electrons. The van der Waals surface area contributed by atoms with Crippen LogP contribution in [0.15, 0.2) is 18.5 Å². The summed E-state index contributed by atoms with van der Waals surface area (Å²) in [7, 11) is 0. The second-order valence-corrected chi connectivity index (χ2v) is 5.66. The van der Waals surface area contributed by atoms with Gasteiger partial charge in [-0.1, -0.05) is 13.8 Å². The van der Waals surface area contributed by atoms with Crippen molar-refractivity contribution in [2.24, 2.45) is 0 Å². The summed E-state index contributed by atoms with van der Waals surface area (Å²) in [5.41, 5.74) is 0. The van der Waals surface area contributed by atoms with E-state index in [1.807, 2.05) is 23.1 Å². The molecule has 1 atom stereocenters. The monoisotopic (exact) mass is 290 g/mol. The van der Waals surface area contributed by atoms with Crippen LogP contribution >= 0.6 is 0 Å². The van der Waals surface area contributed by atoms with E-state index in [0.717, 1.165) is 44.4 Å². The highest BCUT2D eigenvalue weighted by atomic mass is 16.5. The van der Waals surface area contributed by atoms with Gasteiger partial charge in [-0.25, -0.2) is 4.98 Å². The van der Waals surface area contributed by atoms with Crippen LogP contribution in [0, 0.1) is 0 Å². The van der Waals surface area contributed by atoms with E-state index in [9.17, 15) is 0 Å². The molecular formula is C14H22N6O. The lowest BCUT2D eigenvalue weighted by atomic mass is 10.2. The van der Waals surface area contributed by atoms with Gasteiger partial charge in [0.25, 0.3) is 0 Å². The summed E-state index contributed by atoms with van der Waals surface area (Å²) in [6, 6.07) is 1.95. The molecule has 0 amide bonds. The van der Waals surface area contributed by atoms with Gasteiger partial charge in [-0.3, -0.25) is 14.7 Å². The van der Waals surface area contributed by atoms with Crippen molar-refractivity contribution in [3.05, 3.63) is 30.1 Å². The van der Waals surface area contributed by atoms with Crippen LogP contribution in [0.4, 0.5) is 0 Å². The third kappa shape index (κ3) is 3.48. The van der Waals surface area contributed by atoms with Crippen LogP contribution < -0.4 is 0 Å². The molecule has 3 heterocycles. The predicted octanol–water partition coefficient (Wildman–Crippen LogP) is 1.20. The summed E-state index contributed by atoms with van der Waals surface area (Å²) in [5, 5.41) is 11.5. The van der Waals surface area contributed by atoms with Crippen molar-refractivity contribution in [2.75, 3.05) is 26.2 Å². The van der Waals surface area contributed by atoms with E-state index in [1.54, 1.807) is 0 Å². The molecule has 2 aromatic heterocycles. The molecule has 1 saturated heterocycles. The molecule has 114 valence electrons. The number of aromatic nitrogens is 5. The molecule has 0 saturated carbocycles. The highest BCUT2D eigenvalue weighted by molar-refractivity contribution is 4.99. The lowest BCUT2D eigenvalue weighted by Gasteiger charge is -2.31. The Morgan fingerprint density at radius 1 is 1.43 bits per heavy atom. The normalized spacial score (nSPS) is 20.2. The molecule has 0 aromatic carbocycles. The molecule has 1 fully saturated rings. The number of hydrogen-bond donors (Lipinski definition) is 1. The second kappa shape index (κ2) is 6.36. The summed E-state index contributed by atoms with van der Waals surface area (Å²) in [5.74, 6) is 2.01. The third-order valence-corrected chi connectivity index (χ3v) is 3.70. The zero-order valence-corrected chi connectivity index (χ0v) is 12.6. The van der Waals surface area contributed by atoms with Gasteiger partial charge in [-0.05, 0) is 6.07 Å². The largest absolute Gasteiger partial charge is 0.368 e. The number of hydrogen-bond acceptors (Lipinski definition) is 5. The van der Waals surface area contributed by atoms with Crippen molar-refractivity contribution in [1.82, 2.24) is 29.9 Å². The van der Waals surface area contributed by atoms with Gasteiger partial charge in [0.05, 0.1) is 13.2 Å². The summed E-state index contributed by atoms with van der Waals surface area (Å²) in [6.45, 7) is 8.55. The molecule has 0 bridgehead atoms. The van der Waals surface area contributed by atoms with Crippen LogP contribution in [0.3, 0.4) is 0 Å². The van der Waals surface area contributed by atoms with E-state index in [0.29, 0.717) is 5.92 Å². The smallest absolute Gasteiger partial charge is 0.155 e. The first kappa shape index (κ1) is 14.2. The molecule has 0 unspecified atom stereocenters. The van der Waals surface area contributed by atoms with Crippen LogP contribution in [0.5, 0.6) is 0 Å².